The normalized spacial score (nSPS) is 15.8. The number of hydrogen-bond acceptors (Lipinski definition) is 9. The number of carbonyl (C=O) groups is 2. The van der Waals surface area contributed by atoms with E-state index >= 15 is 0 Å². The summed E-state index contributed by atoms with van der Waals surface area (Å²) in [6.45, 7) is 8.60. The zero-order chi connectivity index (χ0) is 25.3. The molecule has 0 unspecified atom stereocenters. The van der Waals surface area contributed by atoms with E-state index in [4.69, 9.17) is 13.9 Å². The minimum Gasteiger partial charge on any atom is -0.494 e. The van der Waals surface area contributed by atoms with Crippen LogP contribution in [-0.4, -0.2) is 70.7 Å². The standard InChI is InChI=1S/C24H30N6O5/c1-14-27-21-18(33-6)9-15(10-19(21)34-14)28-22(31)17-11-26-20(12-25-17)30-8-7-16(13-30)29(5)23(32)35-24(2,3)4/h9-12,16H,7-8,13H2,1-6H3,(H,28,31)/t16-/m1/s1. The molecule has 1 saturated heterocycles. The Bertz CT molecular complexity index is 1230. The Hall–Kier alpha value is -3.89. The van der Waals surface area contributed by atoms with Crippen molar-refractivity contribution in [3.05, 3.63) is 36.1 Å². The lowest BCUT2D eigenvalue weighted by atomic mass is 10.2. The first-order valence-corrected chi connectivity index (χ1v) is 11.3. The molecule has 1 aliphatic rings. The lowest BCUT2D eigenvalue weighted by molar-refractivity contribution is 0.0237. The molecule has 2 amide bonds. The van der Waals surface area contributed by atoms with E-state index in [1.165, 1.54) is 13.3 Å². The predicted molar refractivity (Wildman–Crippen MR) is 130 cm³/mol. The number of ether oxygens (including phenoxy) is 2. The third-order valence-corrected chi connectivity index (χ3v) is 5.63. The highest BCUT2D eigenvalue weighted by atomic mass is 16.6. The molecule has 186 valence electrons. The second-order valence-electron chi connectivity index (χ2n) is 9.45. The molecular weight excluding hydrogens is 452 g/mol. The fourth-order valence-electron chi connectivity index (χ4n) is 3.88. The van der Waals surface area contributed by atoms with E-state index in [0.29, 0.717) is 47.3 Å². The number of methoxy groups -OCH3 is 1. The van der Waals surface area contributed by atoms with Crippen LogP contribution in [0, 0.1) is 6.92 Å². The minimum absolute atomic E-state index is 0.000695. The molecule has 11 heteroatoms. The van der Waals surface area contributed by atoms with Gasteiger partial charge in [0.05, 0.1) is 25.5 Å². The molecule has 1 N–H and O–H groups in total. The van der Waals surface area contributed by atoms with Crippen molar-refractivity contribution in [2.24, 2.45) is 0 Å². The first-order valence-electron chi connectivity index (χ1n) is 11.3. The fourth-order valence-corrected chi connectivity index (χ4v) is 3.88. The highest BCUT2D eigenvalue weighted by Gasteiger charge is 2.31. The minimum atomic E-state index is -0.545. The van der Waals surface area contributed by atoms with Crippen molar-refractivity contribution in [1.82, 2.24) is 19.9 Å². The van der Waals surface area contributed by atoms with Crippen LogP contribution in [-0.2, 0) is 4.74 Å². The maximum atomic E-state index is 12.7. The average molecular weight is 483 g/mol. The van der Waals surface area contributed by atoms with E-state index in [2.05, 4.69) is 20.3 Å². The van der Waals surface area contributed by atoms with Gasteiger partial charge >= 0.3 is 6.09 Å². The topological polar surface area (TPSA) is 123 Å². The number of aryl methyl sites for hydroxylation is 1. The van der Waals surface area contributed by atoms with Gasteiger partial charge in [0, 0.05) is 44.9 Å². The van der Waals surface area contributed by atoms with Crippen molar-refractivity contribution < 1.29 is 23.5 Å². The number of anilines is 2. The number of aromatic nitrogens is 3. The summed E-state index contributed by atoms with van der Waals surface area (Å²) in [6.07, 6.45) is 3.43. The number of oxazole rings is 1. The molecule has 0 aliphatic carbocycles. The second kappa shape index (κ2) is 9.40. The second-order valence-corrected chi connectivity index (χ2v) is 9.45. The van der Waals surface area contributed by atoms with Gasteiger partial charge in [-0.3, -0.25) is 4.79 Å². The Kier molecular flexibility index (Phi) is 6.51. The highest BCUT2D eigenvalue weighted by Crippen LogP contribution is 2.30. The predicted octanol–water partition coefficient (Wildman–Crippen LogP) is 3.63. The van der Waals surface area contributed by atoms with E-state index in [-0.39, 0.29) is 17.8 Å². The van der Waals surface area contributed by atoms with Crippen LogP contribution in [0.2, 0.25) is 0 Å². The Morgan fingerprint density at radius 1 is 1.23 bits per heavy atom. The van der Waals surface area contributed by atoms with E-state index in [1.807, 2.05) is 25.7 Å². The number of nitrogens with one attached hydrogen (secondary N) is 1. The van der Waals surface area contributed by atoms with E-state index in [1.54, 1.807) is 37.2 Å². The number of fused-ring (bicyclic) bond motifs is 1. The molecule has 35 heavy (non-hydrogen) atoms. The van der Waals surface area contributed by atoms with Gasteiger partial charge in [-0.25, -0.2) is 19.7 Å². The SMILES string of the molecule is COc1cc(NC(=O)c2cnc(N3CC[C@@H](N(C)C(=O)OC(C)(C)C)C3)cn2)cc2oc(C)nc12. The number of rotatable bonds is 5. The summed E-state index contributed by atoms with van der Waals surface area (Å²) in [5.41, 5.74) is 1.22. The van der Waals surface area contributed by atoms with Gasteiger partial charge in [-0.2, -0.15) is 0 Å². The van der Waals surface area contributed by atoms with Crippen LogP contribution in [0.15, 0.2) is 28.9 Å². The summed E-state index contributed by atoms with van der Waals surface area (Å²) in [4.78, 5) is 41.8. The summed E-state index contributed by atoms with van der Waals surface area (Å²) in [5, 5.41) is 2.80. The molecule has 1 atom stereocenters. The maximum Gasteiger partial charge on any atom is 0.410 e. The fraction of sp³-hybridized carbons (Fsp3) is 0.458. The van der Waals surface area contributed by atoms with E-state index < -0.39 is 11.5 Å². The van der Waals surface area contributed by atoms with Gasteiger partial charge in [0.2, 0.25) is 0 Å². The van der Waals surface area contributed by atoms with Crippen LogP contribution >= 0.6 is 0 Å². The first kappa shape index (κ1) is 24.2. The molecule has 4 rings (SSSR count). The lowest BCUT2D eigenvalue weighted by Crippen LogP contribution is -2.42. The molecule has 0 spiro atoms. The average Bonchev–Trinajstić information content (AvgIpc) is 3.43. The first-order chi connectivity index (χ1) is 16.5. The summed E-state index contributed by atoms with van der Waals surface area (Å²) in [7, 11) is 3.27. The van der Waals surface area contributed by atoms with Crippen molar-refractivity contribution in [2.45, 2.75) is 45.8 Å². The summed E-state index contributed by atoms with van der Waals surface area (Å²) in [6, 6.07) is 3.36. The van der Waals surface area contributed by atoms with Crippen LogP contribution in [0.4, 0.5) is 16.3 Å². The van der Waals surface area contributed by atoms with Gasteiger partial charge in [-0.1, -0.05) is 0 Å². The van der Waals surface area contributed by atoms with E-state index in [9.17, 15) is 9.59 Å². The summed E-state index contributed by atoms with van der Waals surface area (Å²) in [5.74, 6) is 1.23. The van der Waals surface area contributed by atoms with Crippen LogP contribution in [0.3, 0.4) is 0 Å². The van der Waals surface area contributed by atoms with Gasteiger partial charge in [-0.15, -0.1) is 0 Å². The molecular formula is C24H30N6O5. The number of nitrogens with zero attached hydrogens (tertiary/aromatic N) is 5. The third kappa shape index (κ3) is 5.44. The van der Waals surface area contributed by atoms with Crippen molar-refractivity contribution in [3.63, 3.8) is 0 Å². The number of likely N-dealkylation sites (N-methyl/N-ethyl adjacent to an activating group) is 1. The van der Waals surface area contributed by atoms with Gasteiger partial charge in [-0.05, 0) is 27.2 Å². The monoisotopic (exact) mass is 482 g/mol. The van der Waals surface area contributed by atoms with Crippen LogP contribution in [0.1, 0.15) is 43.6 Å². The summed E-state index contributed by atoms with van der Waals surface area (Å²) < 4.78 is 16.4. The smallest absolute Gasteiger partial charge is 0.410 e. The zero-order valence-electron chi connectivity index (χ0n) is 20.8. The van der Waals surface area contributed by atoms with Crippen molar-refractivity contribution >= 4 is 34.6 Å². The number of benzene rings is 1. The van der Waals surface area contributed by atoms with Gasteiger partial charge < -0.3 is 29.0 Å². The molecule has 0 saturated carbocycles. The Morgan fingerprint density at radius 3 is 2.66 bits per heavy atom. The molecule has 0 bridgehead atoms. The number of hydrogen-bond donors (Lipinski definition) is 1. The third-order valence-electron chi connectivity index (χ3n) is 5.63. The highest BCUT2D eigenvalue weighted by molar-refractivity contribution is 6.03. The maximum absolute atomic E-state index is 12.7. The zero-order valence-corrected chi connectivity index (χ0v) is 20.8. The molecule has 0 radical (unpaired) electrons. The molecule has 3 heterocycles. The molecule has 1 fully saturated rings. The van der Waals surface area contributed by atoms with Crippen LogP contribution in [0.25, 0.3) is 11.1 Å². The molecule has 3 aromatic rings. The quantitative estimate of drug-likeness (QED) is 0.580. The molecule has 1 aromatic carbocycles. The number of carbonyl (C=O) groups excluding carboxylic acids is 2. The largest absolute Gasteiger partial charge is 0.494 e. The Morgan fingerprint density at radius 2 is 2.00 bits per heavy atom. The van der Waals surface area contributed by atoms with Crippen molar-refractivity contribution in [3.8, 4) is 5.75 Å². The molecule has 11 nitrogen and oxygen atoms in total. The van der Waals surface area contributed by atoms with Gasteiger partial charge in [0.15, 0.2) is 22.7 Å². The number of amides is 2. The van der Waals surface area contributed by atoms with Crippen LogP contribution in [0.5, 0.6) is 5.75 Å². The Balaban J connectivity index is 1.40. The van der Waals surface area contributed by atoms with Crippen LogP contribution < -0.4 is 15.0 Å². The summed E-state index contributed by atoms with van der Waals surface area (Å²) >= 11 is 0. The Labute approximate surface area is 203 Å². The lowest BCUT2D eigenvalue weighted by Gasteiger charge is -2.28. The van der Waals surface area contributed by atoms with Gasteiger partial charge in [0.25, 0.3) is 5.91 Å². The van der Waals surface area contributed by atoms with Crippen molar-refractivity contribution in [2.75, 3.05) is 37.5 Å². The van der Waals surface area contributed by atoms with Crippen molar-refractivity contribution in [1.29, 1.82) is 0 Å². The van der Waals surface area contributed by atoms with Gasteiger partial charge in [0.1, 0.15) is 17.1 Å². The molecule has 2 aromatic heterocycles. The van der Waals surface area contributed by atoms with E-state index in [0.717, 1.165) is 6.42 Å². The molecule has 1 aliphatic heterocycles.